The Hall–Kier alpha value is -2.40. The summed E-state index contributed by atoms with van der Waals surface area (Å²) in [6, 6.07) is 13.5. The quantitative estimate of drug-likeness (QED) is 0.532. The van der Waals surface area contributed by atoms with E-state index in [4.69, 9.17) is 4.74 Å². The second-order valence-corrected chi connectivity index (χ2v) is 5.36. The minimum absolute atomic E-state index is 0.132. The van der Waals surface area contributed by atoms with E-state index >= 15 is 0 Å². The number of benzene rings is 2. The average Bonchev–Trinajstić information content (AvgIpc) is 3.11. The zero-order valence-electron chi connectivity index (χ0n) is 11.4. The zero-order valence-corrected chi connectivity index (χ0v) is 11.4. The van der Waals surface area contributed by atoms with Crippen LogP contribution in [0, 0.1) is 10.1 Å². The summed E-state index contributed by atoms with van der Waals surface area (Å²) in [6.45, 7) is 1.47. The number of rotatable bonds is 2. The van der Waals surface area contributed by atoms with Crippen LogP contribution < -0.4 is 0 Å². The molecule has 1 aromatic heterocycles. The molecule has 1 atom stereocenters. The molecule has 0 aliphatic carbocycles. The number of nitro benzene ring substituents is 1. The molecule has 3 aromatic rings. The first-order chi connectivity index (χ1) is 10.3. The number of nitrogens with zero attached hydrogens (tertiary/aromatic N) is 2. The van der Waals surface area contributed by atoms with E-state index in [9.17, 15) is 10.1 Å². The number of non-ortho nitro benzene ring substituents is 1. The van der Waals surface area contributed by atoms with Gasteiger partial charge in [-0.3, -0.25) is 10.1 Å². The van der Waals surface area contributed by atoms with Crippen LogP contribution in [0.5, 0.6) is 0 Å². The number of hydrogen-bond donors (Lipinski definition) is 0. The van der Waals surface area contributed by atoms with Crippen LogP contribution in [-0.4, -0.2) is 22.7 Å². The van der Waals surface area contributed by atoms with Crippen LogP contribution >= 0.6 is 0 Å². The van der Waals surface area contributed by atoms with E-state index < -0.39 is 0 Å². The maximum Gasteiger partial charge on any atom is 0.270 e. The lowest BCUT2D eigenvalue weighted by Crippen LogP contribution is -2.07. The van der Waals surface area contributed by atoms with Crippen molar-refractivity contribution < 1.29 is 9.66 Å². The monoisotopic (exact) mass is 282 g/mol. The Bertz CT molecular complexity index is 847. The normalized spacial score (nSPS) is 18.6. The molecule has 0 radical (unpaired) electrons. The average molecular weight is 282 g/mol. The molecular weight excluding hydrogens is 268 g/mol. The fourth-order valence-electron chi connectivity index (χ4n) is 3.22. The van der Waals surface area contributed by atoms with Crippen LogP contribution in [-0.2, 0) is 4.74 Å². The highest BCUT2D eigenvalue weighted by atomic mass is 16.6. The Kier molecular flexibility index (Phi) is 2.68. The molecule has 0 amide bonds. The molecule has 0 saturated carbocycles. The van der Waals surface area contributed by atoms with Crippen molar-refractivity contribution in [3.05, 3.63) is 52.6 Å². The van der Waals surface area contributed by atoms with Crippen molar-refractivity contribution in [1.82, 2.24) is 4.57 Å². The maximum atomic E-state index is 11.0. The molecule has 0 unspecified atom stereocenters. The van der Waals surface area contributed by atoms with Gasteiger partial charge < -0.3 is 9.30 Å². The molecule has 0 bridgehead atoms. The van der Waals surface area contributed by atoms with Gasteiger partial charge in [0.2, 0.25) is 0 Å². The Balaban J connectivity index is 2.07. The largest absolute Gasteiger partial charge is 0.379 e. The molecule has 2 heterocycles. The molecule has 5 heteroatoms. The Morgan fingerprint density at radius 3 is 2.71 bits per heavy atom. The zero-order chi connectivity index (χ0) is 14.4. The van der Waals surface area contributed by atoms with Crippen molar-refractivity contribution in [2.45, 2.75) is 12.5 Å². The topological polar surface area (TPSA) is 57.3 Å². The molecule has 1 aliphatic heterocycles. The summed E-state index contributed by atoms with van der Waals surface area (Å²) in [7, 11) is 0. The van der Waals surface area contributed by atoms with Crippen molar-refractivity contribution in [3.8, 4) is 0 Å². The summed E-state index contributed by atoms with van der Waals surface area (Å²) < 4.78 is 7.78. The molecule has 1 saturated heterocycles. The molecule has 106 valence electrons. The van der Waals surface area contributed by atoms with Gasteiger partial charge >= 0.3 is 0 Å². The van der Waals surface area contributed by atoms with E-state index in [0.717, 1.165) is 34.8 Å². The van der Waals surface area contributed by atoms with Gasteiger partial charge in [-0.1, -0.05) is 18.2 Å². The van der Waals surface area contributed by atoms with E-state index in [2.05, 4.69) is 10.6 Å². The van der Waals surface area contributed by atoms with E-state index in [-0.39, 0.29) is 10.6 Å². The molecule has 1 fully saturated rings. The minimum Gasteiger partial charge on any atom is -0.379 e. The molecule has 4 rings (SSSR count). The lowest BCUT2D eigenvalue weighted by Gasteiger charge is -2.13. The van der Waals surface area contributed by atoms with Gasteiger partial charge in [0.1, 0.15) is 0 Å². The molecule has 21 heavy (non-hydrogen) atoms. The van der Waals surface area contributed by atoms with E-state index in [0.29, 0.717) is 12.6 Å². The summed E-state index contributed by atoms with van der Waals surface area (Å²) in [5, 5.41) is 13.0. The maximum absolute atomic E-state index is 11.0. The summed E-state index contributed by atoms with van der Waals surface area (Å²) in [4.78, 5) is 10.7. The molecule has 5 nitrogen and oxygen atoms in total. The van der Waals surface area contributed by atoms with Gasteiger partial charge in [0.15, 0.2) is 0 Å². The lowest BCUT2D eigenvalue weighted by atomic mass is 10.1. The van der Waals surface area contributed by atoms with Crippen molar-refractivity contribution >= 4 is 27.5 Å². The first kappa shape index (κ1) is 12.3. The third-order valence-electron chi connectivity index (χ3n) is 4.18. The van der Waals surface area contributed by atoms with Crippen molar-refractivity contribution in [3.63, 3.8) is 0 Å². The van der Waals surface area contributed by atoms with E-state index in [1.807, 2.05) is 24.3 Å². The highest BCUT2D eigenvalue weighted by molar-refractivity contribution is 6.08. The van der Waals surface area contributed by atoms with Crippen LogP contribution in [0.1, 0.15) is 12.5 Å². The Morgan fingerprint density at radius 2 is 1.95 bits per heavy atom. The first-order valence-electron chi connectivity index (χ1n) is 7.00. The smallest absolute Gasteiger partial charge is 0.270 e. The molecule has 0 spiro atoms. The molecule has 2 aromatic carbocycles. The highest BCUT2D eigenvalue weighted by Gasteiger charge is 2.23. The number of ether oxygens (including phenoxy) is 1. The predicted octanol–water partition coefficient (Wildman–Crippen LogP) is 3.66. The van der Waals surface area contributed by atoms with Gasteiger partial charge in [0, 0.05) is 40.5 Å². The number of nitro groups is 1. The molecule has 0 N–H and O–H groups in total. The van der Waals surface area contributed by atoms with Gasteiger partial charge in [-0.25, -0.2) is 0 Å². The summed E-state index contributed by atoms with van der Waals surface area (Å²) in [5.74, 6) is 0. The lowest BCUT2D eigenvalue weighted by molar-refractivity contribution is -0.384. The van der Waals surface area contributed by atoms with Gasteiger partial charge in [0.25, 0.3) is 5.69 Å². The van der Waals surface area contributed by atoms with Crippen LogP contribution in [0.15, 0.2) is 42.5 Å². The minimum atomic E-state index is -0.343. The standard InChI is InChI=1S/C16H14N2O3/c19-18(20)11-5-6-16-14(9-11)13-3-1-2-4-15(13)17(16)12-7-8-21-10-12/h1-6,9,12H,7-8,10H2/t12-/m0/s1. The fraction of sp³-hybridized carbons (Fsp3) is 0.250. The number of aromatic nitrogens is 1. The van der Waals surface area contributed by atoms with Crippen LogP contribution in [0.4, 0.5) is 5.69 Å². The molecular formula is C16H14N2O3. The fourth-order valence-corrected chi connectivity index (χ4v) is 3.22. The van der Waals surface area contributed by atoms with Crippen LogP contribution in [0.25, 0.3) is 21.8 Å². The molecule has 1 aliphatic rings. The predicted molar refractivity (Wildman–Crippen MR) is 80.6 cm³/mol. The number of hydrogen-bond acceptors (Lipinski definition) is 3. The second kappa shape index (κ2) is 4.56. The van der Waals surface area contributed by atoms with Gasteiger partial charge in [0.05, 0.1) is 17.6 Å². The van der Waals surface area contributed by atoms with Crippen LogP contribution in [0.2, 0.25) is 0 Å². The summed E-state index contributed by atoms with van der Waals surface area (Å²) in [5.41, 5.74) is 2.29. The van der Waals surface area contributed by atoms with Gasteiger partial charge in [-0.2, -0.15) is 0 Å². The number of para-hydroxylation sites is 1. The summed E-state index contributed by atoms with van der Waals surface area (Å²) in [6.07, 6.45) is 0.977. The Morgan fingerprint density at radius 1 is 1.14 bits per heavy atom. The number of fused-ring (bicyclic) bond motifs is 3. The first-order valence-corrected chi connectivity index (χ1v) is 7.00. The highest BCUT2D eigenvalue weighted by Crippen LogP contribution is 2.35. The third kappa shape index (κ3) is 1.81. The van der Waals surface area contributed by atoms with Crippen molar-refractivity contribution in [2.24, 2.45) is 0 Å². The summed E-state index contributed by atoms with van der Waals surface area (Å²) >= 11 is 0. The van der Waals surface area contributed by atoms with E-state index in [1.165, 1.54) is 0 Å². The van der Waals surface area contributed by atoms with Crippen LogP contribution in [0.3, 0.4) is 0 Å². The SMILES string of the molecule is O=[N+]([O-])c1ccc2c(c1)c1ccccc1n2[C@H]1CCOC1. The van der Waals surface area contributed by atoms with Gasteiger partial charge in [-0.05, 0) is 18.6 Å². The Labute approximate surface area is 120 Å². The van der Waals surface area contributed by atoms with Gasteiger partial charge in [-0.15, -0.1) is 0 Å². The van der Waals surface area contributed by atoms with Crippen molar-refractivity contribution in [1.29, 1.82) is 0 Å². The second-order valence-electron chi connectivity index (χ2n) is 5.36. The third-order valence-corrected chi connectivity index (χ3v) is 4.18. The van der Waals surface area contributed by atoms with E-state index in [1.54, 1.807) is 12.1 Å². The van der Waals surface area contributed by atoms with Crippen molar-refractivity contribution in [2.75, 3.05) is 13.2 Å².